The highest BCUT2D eigenvalue weighted by molar-refractivity contribution is 6.23. The highest BCUT2D eigenvalue weighted by atomic mass is 35.5. The number of ether oxygens (including phenoxy) is 1. The minimum atomic E-state index is -0.523. The number of nitrogens with one attached hydrogen (secondary N) is 1. The number of carbonyl (C=O) groups excluding carboxylic acids is 2. The number of nitrogens with zero attached hydrogens (tertiary/aromatic N) is 1. The molecule has 0 aromatic heterocycles. The van der Waals surface area contributed by atoms with Crippen molar-refractivity contribution < 1.29 is 14.3 Å². The molecule has 1 saturated heterocycles. The van der Waals surface area contributed by atoms with E-state index >= 15 is 0 Å². The van der Waals surface area contributed by atoms with E-state index in [9.17, 15) is 9.59 Å². The third-order valence-corrected chi connectivity index (χ3v) is 3.48. The maximum absolute atomic E-state index is 11.8. The van der Waals surface area contributed by atoms with Crippen LogP contribution in [0.2, 0.25) is 0 Å². The fourth-order valence-electron chi connectivity index (χ4n) is 1.61. The molecule has 1 heterocycles. The molecule has 1 N–H and O–H groups in total. The standard InChI is InChI=1S/C12H21ClN2O3/c1-4-12(3,13)8-18-11(17)10-6-5-7-15(14-10)9(2)16/h10,14H,4-8H2,1-3H3. The molecule has 2 atom stereocenters. The Kier molecular flexibility index (Phi) is 5.41. The number of hydrogen-bond donors (Lipinski definition) is 1. The molecule has 0 radical (unpaired) electrons. The monoisotopic (exact) mass is 276 g/mol. The Morgan fingerprint density at radius 2 is 2.22 bits per heavy atom. The van der Waals surface area contributed by atoms with Crippen LogP contribution >= 0.6 is 11.6 Å². The Morgan fingerprint density at radius 1 is 1.56 bits per heavy atom. The van der Waals surface area contributed by atoms with E-state index in [2.05, 4.69) is 5.43 Å². The average Bonchev–Trinajstić information content (AvgIpc) is 2.36. The first-order valence-corrected chi connectivity index (χ1v) is 6.63. The number of alkyl halides is 1. The normalized spacial score (nSPS) is 23.3. The lowest BCUT2D eigenvalue weighted by molar-refractivity contribution is -0.152. The van der Waals surface area contributed by atoms with Crippen LogP contribution in [0.25, 0.3) is 0 Å². The maximum Gasteiger partial charge on any atom is 0.325 e. The molecule has 0 saturated carbocycles. The van der Waals surface area contributed by atoms with E-state index in [-0.39, 0.29) is 18.5 Å². The molecule has 18 heavy (non-hydrogen) atoms. The van der Waals surface area contributed by atoms with Crippen molar-refractivity contribution >= 4 is 23.5 Å². The Balaban J connectivity index is 2.44. The van der Waals surface area contributed by atoms with Crippen LogP contribution in [0.5, 0.6) is 0 Å². The molecule has 1 fully saturated rings. The van der Waals surface area contributed by atoms with E-state index in [4.69, 9.17) is 16.3 Å². The van der Waals surface area contributed by atoms with E-state index < -0.39 is 10.9 Å². The van der Waals surface area contributed by atoms with Crippen molar-refractivity contribution in [2.45, 2.75) is 50.9 Å². The zero-order valence-electron chi connectivity index (χ0n) is 11.2. The predicted molar refractivity (Wildman–Crippen MR) is 69.1 cm³/mol. The zero-order chi connectivity index (χ0) is 13.8. The van der Waals surface area contributed by atoms with E-state index in [1.807, 2.05) is 13.8 Å². The van der Waals surface area contributed by atoms with Crippen molar-refractivity contribution in [2.24, 2.45) is 0 Å². The number of carbonyl (C=O) groups is 2. The van der Waals surface area contributed by atoms with Gasteiger partial charge in [0.25, 0.3) is 0 Å². The number of halogens is 1. The number of esters is 1. The van der Waals surface area contributed by atoms with Gasteiger partial charge in [-0.05, 0) is 26.2 Å². The van der Waals surface area contributed by atoms with Gasteiger partial charge < -0.3 is 4.74 Å². The van der Waals surface area contributed by atoms with Crippen molar-refractivity contribution in [1.29, 1.82) is 0 Å². The van der Waals surface area contributed by atoms with Gasteiger partial charge in [0.15, 0.2) is 0 Å². The minimum Gasteiger partial charge on any atom is -0.463 e. The SMILES string of the molecule is CCC(C)(Cl)COC(=O)C1CCCN(C(C)=O)N1. The molecule has 0 spiro atoms. The highest BCUT2D eigenvalue weighted by Crippen LogP contribution is 2.19. The van der Waals surface area contributed by atoms with Crippen molar-refractivity contribution in [3.8, 4) is 0 Å². The number of rotatable bonds is 4. The third kappa shape index (κ3) is 4.46. The quantitative estimate of drug-likeness (QED) is 0.624. The van der Waals surface area contributed by atoms with Crippen molar-refractivity contribution in [2.75, 3.05) is 13.2 Å². The number of hydrogen-bond acceptors (Lipinski definition) is 4. The van der Waals surface area contributed by atoms with Gasteiger partial charge in [-0.3, -0.25) is 14.6 Å². The second-order valence-corrected chi connectivity index (χ2v) is 5.78. The lowest BCUT2D eigenvalue weighted by Crippen LogP contribution is -2.55. The second kappa shape index (κ2) is 6.38. The van der Waals surface area contributed by atoms with Gasteiger partial charge in [0.05, 0.1) is 4.87 Å². The molecule has 0 aliphatic carbocycles. The minimum absolute atomic E-state index is 0.0942. The van der Waals surface area contributed by atoms with Gasteiger partial charge in [-0.2, -0.15) is 0 Å². The lowest BCUT2D eigenvalue weighted by atomic mass is 10.1. The second-order valence-electron chi connectivity index (χ2n) is 4.87. The summed E-state index contributed by atoms with van der Waals surface area (Å²) in [5.74, 6) is -0.440. The van der Waals surface area contributed by atoms with Crippen molar-refractivity contribution in [3.63, 3.8) is 0 Å². The van der Waals surface area contributed by atoms with Gasteiger partial charge in [0.1, 0.15) is 12.6 Å². The molecule has 5 nitrogen and oxygen atoms in total. The van der Waals surface area contributed by atoms with Crippen LogP contribution in [0.1, 0.15) is 40.0 Å². The fourth-order valence-corrected chi connectivity index (χ4v) is 1.67. The molecule has 0 aromatic rings. The molecule has 1 aliphatic rings. The molecular weight excluding hydrogens is 256 g/mol. The van der Waals surface area contributed by atoms with Gasteiger partial charge >= 0.3 is 5.97 Å². The number of hydrazine groups is 1. The van der Waals surface area contributed by atoms with Gasteiger partial charge in [-0.1, -0.05) is 6.92 Å². The summed E-state index contributed by atoms with van der Waals surface area (Å²) in [7, 11) is 0. The molecule has 2 unspecified atom stereocenters. The van der Waals surface area contributed by atoms with Crippen LogP contribution < -0.4 is 5.43 Å². The third-order valence-electron chi connectivity index (χ3n) is 3.10. The average molecular weight is 277 g/mol. The van der Waals surface area contributed by atoms with Gasteiger partial charge in [0, 0.05) is 13.5 Å². The van der Waals surface area contributed by atoms with Crippen LogP contribution in [-0.2, 0) is 14.3 Å². The summed E-state index contributed by atoms with van der Waals surface area (Å²) in [6.45, 7) is 6.05. The van der Waals surface area contributed by atoms with Gasteiger partial charge in [-0.15, -0.1) is 11.6 Å². The van der Waals surface area contributed by atoms with Crippen LogP contribution in [0.4, 0.5) is 0 Å². The first kappa shape index (κ1) is 15.2. The summed E-state index contributed by atoms with van der Waals surface area (Å²) in [6, 6.07) is -0.452. The molecular formula is C12H21ClN2O3. The number of amides is 1. The molecule has 1 amide bonds. The fraction of sp³-hybridized carbons (Fsp3) is 0.833. The molecule has 0 aromatic carbocycles. The van der Waals surface area contributed by atoms with Gasteiger partial charge in [-0.25, -0.2) is 5.43 Å². The topological polar surface area (TPSA) is 58.6 Å². The maximum atomic E-state index is 11.8. The Bertz CT molecular complexity index is 320. The van der Waals surface area contributed by atoms with E-state index in [1.165, 1.54) is 11.9 Å². The summed E-state index contributed by atoms with van der Waals surface area (Å²) in [4.78, 5) is 22.5. The summed E-state index contributed by atoms with van der Waals surface area (Å²) < 4.78 is 5.19. The first-order valence-electron chi connectivity index (χ1n) is 6.25. The van der Waals surface area contributed by atoms with Crippen LogP contribution in [-0.4, -0.2) is 41.0 Å². The summed E-state index contributed by atoms with van der Waals surface area (Å²) >= 11 is 6.12. The Labute approximate surface area is 113 Å². The molecule has 1 rings (SSSR count). The lowest BCUT2D eigenvalue weighted by Gasteiger charge is -2.32. The van der Waals surface area contributed by atoms with Crippen molar-refractivity contribution in [3.05, 3.63) is 0 Å². The van der Waals surface area contributed by atoms with E-state index in [0.29, 0.717) is 13.0 Å². The predicted octanol–water partition coefficient (Wildman–Crippen LogP) is 1.45. The van der Waals surface area contributed by atoms with Crippen LogP contribution in [0, 0.1) is 0 Å². The smallest absolute Gasteiger partial charge is 0.325 e. The van der Waals surface area contributed by atoms with Crippen molar-refractivity contribution in [1.82, 2.24) is 10.4 Å². The first-order chi connectivity index (χ1) is 8.35. The summed E-state index contributed by atoms with van der Waals surface area (Å²) in [5.41, 5.74) is 2.87. The molecule has 6 heteroatoms. The summed E-state index contributed by atoms with van der Waals surface area (Å²) in [5, 5.41) is 1.45. The zero-order valence-corrected chi connectivity index (χ0v) is 11.9. The molecule has 0 bridgehead atoms. The largest absolute Gasteiger partial charge is 0.463 e. The van der Waals surface area contributed by atoms with Gasteiger partial charge in [0.2, 0.25) is 5.91 Å². The van der Waals surface area contributed by atoms with E-state index in [1.54, 1.807) is 0 Å². The summed E-state index contributed by atoms with van der Waals surface area (Å²) in [6.07, 6.45) is 2.19. The Hall–Kier alpha value is -0.810. The molecule has 1 aliphatic heterocycles. The van der Waals surface area contributed by atoms with E-state index in [0.717, 1.165) is 12.8 Å². The Morgan fingerprint density at radius 3 is 2.78 bits per heavy atom. The highest BCUT2D eigenvalue weighted by Gasteiger charge is 2.29. The van der Waals surface area contributed by atoms with Crippen LogP contribution in [0.15, 0.2) is 0 Å². The molecule has 104 valence electrons. The van der Waals surface area contributed by atoms with Crippen LogP contribution in [0.3, 0.4) is 0 Å².